The first-order valence-electron chi connectivity index (χ1n) is 7.13. The second-order valence-electron chi connectivity index (χ2n) is 5.71. The molecule has 1 aliphatic carbocycles. The maximum Gasteiger partial charge on any atom is 0.308 e. The molecule has 0 spiro atoms. The zero-order valence-electron chi connectivity index (χ0n) is 11.5. The van der Waals surface area contributed by atoms with Crippen LogP contribution in [0.4, 0.5) is 0 Å². The fourth-order valence-electron chi connectivity index (χ4n) is 2.91. The summed E-state index contributed by atoms with van der Waals surface area (Å²) in [6, 6.07) is 3.97. The third-order valence-electron chi connectivity index (χ3n) is 3.82. The average Bonchev–Trinajstić information content (AvgIpc) is 2.76. The third kappa shape index (κ3) is 4.96. The van der Waals surface area contributed by atoms with E-state index in [0.29, 0.717) is 0 Å². The van der Waals surface area contributed by atoms with Crippen molar-refractivity contribution in [3.63, 3.8) is 0 Å². The molecular weight excluding hydrogens is 258 g/mol. The Morgan fingerprint density at radius 1 is 1.42 bits per heavy atom. The molecule has 2 atom stereocenters. The fourth-order valence-corrected chi connectivity index (χ4v) is 3.88. The highest BCUT2D eigenvalue weighted by molar-refractivity contribution is 7.12. The summed E-state index contributed by atoms with van der Waals surface area (Å²) in [6.45, 7) is 4.31. The van der Waals surface area contributed by atoms with Gasteiger partial charge in [-0.1, -0.05) is 19.8 Å². The van der Waals surface area contributed by atoms with Crippen molar-refractivity contribution in [3.8, 4) is 0 Å². The van der Waals surface area contributed by atoms with E-state index in [1.807, 2.05) is 12.1 Å². The van der Waals surface area contributed by atoms with Crippen molar-refractivity contribution in [3.05, 3.63) is 21.9 Å². The van der Waals surface area contributed by atoms with Gasteiger partial charge >= 0.3 is 5.97 Å². The van der Waals surface area contributed by atoms with Gasteiger partial charge in [-0.2, -0.15) is 0 Å². The van der Waals surface area contributed by atoms with Gasteiger partial charge in [0.25, 0.3) is 0 Å². The lowest BCUT2D eigenvalue weighted by molar-refractivity contribution is -0.136. The molecule has 2 N–H and O–H groups in total. The highest BCUT2D eigenvalue weighted by atomic mass is 32.1. The van der Waals surface area contributed by atoms with E-state index in [9.17, 15) is 4.79 Å². The largest absolute Gasteiger partial charge is 0.481 e. The number of hydrogen-bond acceptors (Lipinski definition) is 3. The van der Waals surface area contributed by atoms with Crippen LogP contribution in [0.2, 0.25) is 0 Å². The minimum absolute atomic E-state index is 0.144. The van der Waals surface area contributed by atoms with Crippen LogP contribution in [0.15, 0.2) is 12.1 Å². The summed E-state index contributed by atoms with van der Waals surface area (Å²) in [4.78, 5) is 12.8. The van der Waals surface area contributed by atoms with Gasteiger partial charge in [-0.05, 0) is 43.4 Å². The molecule has 19 heavy (non-hydrogen) atoms. The smallest absolute Gasteiger partial charge is 0.308 e. The summed E-state index contributed by atoms with van der Waals surface area (Å²) in [5.41, 5.74) is 0. The Morgan fingerprint density at radius 3 is 2.95 bits per heavy atom. The number of hydrogen-bond donors (Lipinski definition) is 2. The fraction of sp³-hybridized carbons (Fsp3) is 0.667. The summed E-state index contributed by atoms with van der Waals surface area (Å²) in [7, 11) is 0. The summed E-state index contributed by atoms with van der Waals surface area (Å²) in [5.74, 6) is 0.948. The molecule has 0 aromatic carbocycles. The summed E-state index contributed by atoms with van der Waals surface area (Å²) >= 11 is 1.61. The molecule has 0 saturated heterocycles. The first-order valence-corrected chi connectivity index (χ1v) is 7.95. The molecule has 0 radical (unpaired) electrons. The molecule has 0 amide bonds. The Bertz CT molecular complexity index is 416. The van der Waals surface area contributed by atoms with Crippen molar-refractivity contribution in [2.75, 3.05) is 6.54 Å². The van der Waals surface area contributed by atoms with Gasteiger partial charge in [-0.15, -0.1) is 11.3 Å². The molecule has 0 aliphatic heterocycles. The van der Waals surface area contributed by atoms with E-state index in [2.05, 4.69) is 12.2 Å². The number of carboxylic acid groups (broad SMARTS) is 1. The van der Waals surface area contributed by atoms with Gasteiger partial charge < -0.3 is 10.4 Å². The van der Waals surface area contributed by atoms with Crippen LogP contribution >= 0.6 is 11.3 Å². The van der Waals surface area contributed by atoms with E-state index < -0.39 is 5.97 Å². The van der Waals surface area contributed by atoms with Crippen LogP contribution in [0.1, 0.15) is 42.4 Å². The summed E-state index contributed by atoms with van der Waals surface area (Å²) in [5, 5.41) is 12.3. The zero-order valence-corrected chi connectivity index (χ0v) is 12.3. The van der Waals surface area contributed by atoms with Crippen LogP contribution < -0.4 is 5.32 Å². The monoisotopic (exact) mass is 281 g/mol. The van der Waals surface area contributed by atoms with Gasteiger partial charge in [0.2, 0.25) is 0 Å². The van der Waals surface area contributed by atoms with Gasteiger partial charge in [-0.25, -0.2) is 0 Å². The minimum Gasteiger partial charge on any atom is -0.481 e. The number of carboxylic acids is 1. The normalized spacial score (nSPS) is 23.4. The maximum atomic E-state index is 10.6. The molecule has 1 fully saturated rings. The highest BCUT2D eigenvalue weighted by Crippen LogP contribution is 2.28. The second-order valence-corrected chi connectivity index (χ2v) is 6.96. The lowest BCUT2D eigenvalue weighted by Gasteiger charge is -2.26. The van der Waals surface area contributed by atoms with Crippen molar-refractivity contribution in [1.82, 2.24) is 5.32 Å². The number of carbonyl (C=O) groups is 1. The molecule has 106 valence electrons. The maximum absolute atomic E-state index is 10.6. The van der Waals surface area contributed by atoms with E-state index in [-0.39, 0.29) is 6.42 Å². The van der Waals surface area contributed by atoms with Crippen molar-refractivity contribution < 1.29 is 9.90 Å². The molecule has 0 bridgehead atoms. The number of nitrogens with one attached hydrogen (secondary N) is 1. The third-order valence-corrected chi connectivity index (χ3v) is 4.91. The lowest BCUT2D eigenvalue weighted by atomic mass is 9.82. The molecule has 1 aromatic rings. The molecule has 1 heterocycles. The van der Waals surface area contributed by atoms with Crippen LogP contribution in [0, 0.1) is 11.8 Å². The Balaban J connectivity index is 1.70. The predicted octanol–water partition coefficient (Wildman–Crippen LogP) is 3.29. The zero-order chi connectivity index (χ0) is 13.7. The Kier molecular flexibility index (Phi) is 5.40. The summed E-state index contributed by atoms with van der Waals surface area (Å²) in [6.07, 6.45) is 5.60. The molecule has 3 nitrogen and oxygen atoms in total. The van der Waals surface area contributed by atoms with Crippen molar-refractivity contribution >= 4 is 17.3 Å². The highest BCUT2D eigenvalue weighted by Gasteiger charge is 2.18. The van der Waals surface area contributed by atoms with Crippen LogP contribution in [0.3, 0.4) is 0 Å². The van der Waals surface area contributed by atoms with Crippen molar-refractivity contribution in [2.45, 2.75) is 45.6 Å². The van der Waals surface area contributed by atoms with E-state index >= 15 is 0 Å². The Labute approximate surface area is 119 Å². The molecular formula is C15H23NO2S. The standard InChI is InChI=1S/C15H23NO2S/c1-11-3-2-4-12(7-11)9-16-10-14-6-5-13(19-14)8-15(17)18/h5-6,11-12,16H,2-4,7-10H2,1H3,(H,17,18). The molecule has 2 rings (SSSR count). The number of thiophene rings is 1. The predicted molar refractivity (Wildman–Crippen MR) is 78.5 cm³/mol. The minimum atomic E-state index is -0.752. The van der Waals surface area contributed by atoms with Gasteiger partial charge in [0.15, 0.2) is 0 Å². The van der Waals surface area contributed by atoms with Crippen LogP contribution in [-0.4, -0.2) is 17.6 Å². The van der Waals surface area contributed by atoms with Gasteiger partial charge in [0.1, 0.15) is 0 Å². The van der Waals surface area contributed by atoms with Crippen molar-refractivity contribution in [1.29, 1.82) is 0 Å². The van der Waals surface area contributed by atoms with Crippen LogP contribution in [-0.2, 0) is 17.8 Å². The first-order chi connectivity index (χ1) is 9.13. The topological polar surface area (TPSA) is 49.3 Å². The SMILES string of the molecule is CC1CCCC(CNCc2ccc(CC(=O)O)s2)C1. The first kappa shape index (κ1) is 14.5. The quantitative estimate of drug-likeness (QED) is 0.841. The van der Waals surface area contributed by atoms with E-state index in [1.165, 1.54) is 30.6 Å². The Hall–Kier alpha value is -0.870. The van der Waals surface area contributed by atoms with Crippen molar-refractivity contribution in [2.24, 2.45) is 11.8 Å². The van der Waals surface area contributed by atoms with E-state index in [4.69, 9.17) is 5.11 Å². The van der Waals surface area contributed by atoms with E-state index in [0.717, 1.165) is 29.8 Å². The second kappa shape index (κ2) is 7.06. The van der Waals surface area contributed by atoms with E-state index in [1.54, 1.807) is 11.3 Å². The average molecular weight is 281 g/mol. The summed E-state index contributed by atoms with van der Waals surface area (Å²) < 4.78 is 0. The molecule has 1 aromatic heterocycles. The molecule has 4 heteroatoms. The number of aliphatic carboxylic acids is 1. The van der Waals surface area contributed by atoms with Crippen LogP contribution in [0.25, 0.3) is 0 Å². The van der Waals surface area contributed by atoms with Gasteiger partial charge in [0, 0.05) is 16.3 Å². The molecule has 1 saturated carbocycles. The van der Waals surface area contributed by atoms with Gasteiger partial charge in [-0.3, -0.25) is 4.79 Å². The van der Waals surface area contributed by atoms with Crippen LogP contribution in [0.5, 0.6) is 0 Å². The lowest BCUT2D eigenvalue weighted by Crippen LogP contribution is -2.26. The Morgan fingerprint density at radius 2 is 2.21 bits per heavy atom. The van der Waals surface area contributed by atoms with Gasteiger partial charge in [0.05, 0.1) is 6.42 Å². The number of rotatable bonds is 6. The molecule has 1 aliphatic rings. The molecule has 2 unspecified atom stereocenters.